The molecule has 0 aliphatic rings. The Morgan fingerprint density at radius 1 is 1.13 bits per heavy atom. The van der Waals surface area contributed by atoms with Crippen LogP contribution in [0.25, 0.3) is 0 Å². The summed E-state index contributed by atoms with van der Waals surface area (Å²) < 4.78 is 1.45. The van der Waals surface area contributed by atoms with E-state index in [4.69, 9.17) is 5.73 Å². The zero-order chi connectivity index (χ0) is 21.7. The monoisotopic (exact) mass is 441 g/mol. The third kappa shape index (κ3) is 5.86. The maximum atomic E-state index is 12.9. The van der Waals surface area contributed by atoms with E-state index < -0.39 is 0 Å². The van der Waals surface area contributed by atoms with Crippen molar-refractivity contribution in [3.05, 3.63) is 87.5 Å². The number of rotatable bonds is 7. The summed E-state index contributed by atoms with van der Waals surface area (Å²) in [5.74, 6) is 0.215. The van der Waals surface area contributed by atoms with Crippen LogP contribution in [0.5, 0.6) is 0 Å². The Balaban J connectivity index is 0.00000341. The van der Waals surface area contributed by atoms with Gasteiger partial charge >= 0.3 is 0 Å². The molecule has 0 bridgehead atoms. The van der Waals surface area contributed by atoms with Gasteiger partial charge in [0.05, 0.1) is 17.8 Å². The van der Waals surface area contributed by atoms with Gasteiger partial charge in [-0.1, -0.05) is 30.3 Å². The van der Waals surface area contributed by atoms with Crippen LogP contribution in [0.4, 0.5) is 11.5 Å². The van der Waals surface area contributed by atoms with E-state index in [0.29, 0.717) is 29.3 Å². The lowest BCUT2D eigenvalue weighted by molar-refractivity contribution is -0.117. The minimum Gasteiger partial charge on any atom is -0.384 e. The third-order valence-corrected chi connectivity index (χ3v) is 5.11. The summed E-state index contributed by atoms with van der Waals surface area (Å²) in [5, 5.41) is 0. The summed E-state index contributed by atoms with van der Waals surface area (Å²) in [5.41, 5.74) is 12.4. The second kappa shape index (κ2) is 10.6. The van der Waals surface area contributed by atoms with Gasteiger partial charge in [0.2, 0.25) is 5.91 Å². The molecule has 0 radical (unpaired) electrons. The lowest BCUT2D eigenvalue weighted by atomic mass is 10.1. The minimum absolute atomic E-state index is 0. The minimum atomic E-state index is -0.211. The molecule has 0 aliphatic heterocycles. The number of aromatic nitrogens is 2. The molecule has 0 saturated carbocycles. The summed E-state index contributed by atoms with van der Waals surface area (Å²) >= 11 is 0. The van der Waals surface area contributed by atoms with Crippen molar-refractivity contribution in [2.45, 2.75) is 26.7 Å². The first-order valence-corrected chi connectivity index (χ1v) is 9.85. The molecular weight excluding hydrogens is 414 g/mol. The van der Waals surface area contributed by atoms with E-state index in [0.717, 1.165) is 12.0 Å². The fraction of sp³-hybridized carbons (Fsp3) is 0.261. The molecule has 3 rings (SSSR count). The predicted octanol–water partition coefficient (Wildman–Crippen LogP) is 2.86. The third-order valence-electron chi connectivity index (χ3n) is 5.11. The maximum Gasteiger partial charge on any atom is 0.272 e. The highest BCUT2D eigenvalue weighted by atomic mass is 35.5. The molecular formula is C23H28ClN5O2. The van der Waals surface area contributed by atoms with Crippen molar-refractivity contribution < 1.29 is 4.79 Å². The van der Waals surface area contributed by atoms with E-state index in [1.165, 1.54) is 15.1 Å². The van der Waals surface area contributed by atoms with Crippen molar-refractivity contribution in [2.75, 3.05) is 29.7 Å². The molecule has 31 heavy (non-hydrogen) atoms. The summed E-state index contributed by atoms with van der Waals surface area (Å²) in [6.07, 6.45) is 2.50. The number of amides is 1. The first-order chi connectivity index (χ1) is 14.4. The maximum absolute atomic E-state index is 12.9. The molecule has 3 aromatic rings. The molecule has 1 amide bonds. The fourth-order valence-corrected chi connectivity index (χ4v) is 3.31. The lowest BCUT2D eigenvalue weighted by Gasteiger charge is -2.20. The molecule has 164 valence electrons. The van der Waals surface area contributed by atoms with Crippen LogP contribution in [-0.4, -0.2) is 29.2 Å². The fourth-order valence-electron chi connectivity index (χ4n) is 3.31. The molecule has 0 atom stereocenters. The Morgan fingerprint density at radius 3 is 2.52 bits per heavy atom. The zero-order valence-electron chi connectivity index (χ0n) is 18.0. The van der Waals surface area contributed by atoms with Crippen molar-refractivity contribution in [1.82, 2.24) is 9.66 Å². The predicted molar refractivity (Wildman–Crippen MR) is 128 cm³/mol. The van der Waals surface area contributed by atoms with Crippen LogP contribution in [-0.2, 0) is 17.6 Å². The Hall–Kier alpha value is -3.32. The number of benzene rings is 1. The highest BCUT2D eigenvalue weighted by Gasteiger charge is 2.18. The van der Waals surface area contributed by atoms with Crippen LogP contribution < -0.4 is 21.6 Å². The Labute approximate surface area is 188 Å². The number of halogens is 1. The van der Waals surface area contributed by atoms with Gasteiger partial charge in [0.1, 0.15) is 5.82 Å². The molecule has 8 heteroatoms. The largest absolute Gasteiger partial charge is 0.384 e. The van der Waals surface area contributed by atoms with E-state index in [9.17, 15) is 9.59 Å². The normalized spacial score (nSPS) is 10.3. The summed E-state index contributed by atoms with van der Waals surface area (Å²) in [4.78, 5) is 31.5. The van der Waals surface area contributed by atoms with E-state index in [-0.39, 0.29) is 30.3 Å². The number of nitrogen functional groups attached to an aromatic ring is 1. The average Bonchev–Trinajstić information content (AvgIpc) is 2.73. The van der Waals surface area contributed by atoms with Crippen molar-refractivity contribution in [3.8, 4) is 0 Å². The molecule has 2 heterocycles. The second-order valence-corrected chi connectivity index (χ2v) is 7.27. The first kappa shape index (κ1) is 24.0. The Morgan fingerprint density at radius 2 is 1.84 bits per heavy atom. The molecule has 0 spiro atoms. The van der Waals surface area contributed by atoms with Crippen LogP contribution >= 0.6 is 12.4 Å². The van der Waals surface area contributed by atoms with Gasteiger partial charge in [-0.3, -0.25) is 9.59 Å². The number of aryl methyl sites for hydroxylation is 2. The Kier molecular flexibility index (Phi) is 8.22. The van der Waals surface area contributed by atoms with Gasteiger partial charge < -0.3 is 16.1 Å². The van der Waals surface area contributed by atoms with Crippen molar-refractivity contribution >= 4 is 29.8 Å². The summed E-state index contributed by atoms with van der Waals surface area (Å²) in [6.45, 7) is 4.25. The number of nitrogens with two attached hydrogens (primary N) is 1. The molecule has 0 fully saturated rings. The number of nitrogens with zero attached hydrogens (tertiary/aromatic N) is 3. The van der Waals surface area contributed by atoms with Gasteiger partial charge in [-0.05, 0) is 49.6 Å². The number of hydrogen-bond donors (Lipinski definition) is 2. The van der Waals surface area contributed by atoms with E-state index in [1.54, 1.807) is 32.3 Å². The number of anilines is 2. The van der Waals surface area contributed by atoms with Gasteiger partial charge in [0.15, 0.2) is 0 Å². The number of carbonyl (C=O) groups excluding carboxylic acids is 1. The van der Waals surface area contributed by atoms with Crippen LogP contribution in [0.3, 0.4) is 0 Å². The van der Waals surface area contributed by atoms with Crippen LogP contribution in [0.2, 0.25) is 0 Å². The average molecular weight is 442 g/mol. The molecule has 0 aliphatic carbocycles. The van der Waals surface area contributed by atoms with E-state index in [1.807, 2.05) is 43.3 Å². The molecule has 0 saturated heterocycles. The van der Waals surface area contributed by atoms with Crippen LogP contribution in [0.1, 0.15) is 22.4 Å². The van der Waals surface area contributed by atoms with Gasteiger partial charge in [-0.15, -0.1) is 12.4 Å². The second-order valence-electron chi connectivity index (χ2n) is 7.27. The van der Waals surface area contributed by atoms with Crippen molar-refractivity contribution in [1.29, 1.82) is 0 Å². The van der Waals surface area contributed by atoms with Gasteiger partial charge in [-0.2, -0.15) is 0 Å². The molecule has 3 N–H and O–H groups in total. The Bertz CT molecular complexity index is 1100. The molecule has 0 unspecified atom stereocenters. The van der Waals surface area contributed by atoms with Crippen molar-refractivity contribution in [2.24, 2.45) is 0 Å². The number of pyridine rings is 2. The summed E-state index contributed by atoms with van der Waals surface area (Å²) in [7, 11) is 1.68. The van der Waals surface area contributed by atoms with Gasteiger partial charge in [0, 0.05) is 25.4 Å². The van der Waals surface area contributed by atoms with Crippen LogP contribution in [0.15, 0.2) is 59.5 Å². The molecule has 2 aromatic heterocycles. The molecule has 1 aromatic carbocycles. The van der Waals surface area contributed by atoms with Crippen LogP contribution in [0, 0.1) is 13.8 Å². The van der Waals surface area contributed by atoms with E-state index in [2.05, 4.69) is 10.4 Å². The van der Waals surface area contributed by atoms with Gasteiger partial charge in [0.25, 0.3) is 5.56 Å². The highest BCUT2D eigenvalue weighted by Crippen LogP contribution is 2.19. The smallest absolute Gasteiger partial charge is 0.272 e. The number of carbonyl (C=O) groups is 1. The summed E-state index contributed by atoms with van der Waals surface area (Å²) in [6, 6.07) is 15.3. The highest BCUT2D eigenvalue weighted by molar-refractivity contribution is 5.94. The number of nitrogens with one attached hydrogen (secondary N) is 1. The van der Waals surface area contributed by atoms with Gasteiger partial charge in [-0.25, -0.2) is 9.66 Å². The first-order valence-electron chi connectivity index (χ1n) is 9.85. The lowest BCUT2D eigenvalue weighted by Crippen LogP contribution is -2.36. The topological polar surface area (TPSA) is 93.2 Å². The van der Waals surface area contributed by atoms with Crippen molar-refractivity contribution in [3.63, 3.8) is 0 Å². The molecule has 7 nitrogen and oxygen atoms in total. The zero-order valence-corrected chi connectivity index (χ0v) is 18.8. The number of hydrogen-bond acceptors (Lipinski definition) is 5. The number of likely N-dealkylation sites (N-methyl/N-ethyl adjacent to an activating group) is 1. The SMILES string of the molecule is Cc1ccn(NCCc2ccccc2)c(=O)c1CC(=O)N(C)c1ccc(N)nc1C.Cl. The standard InChI is InChI=1S/C23H27N5O2.ClH/c1-16-12-14-28(25-13-11-18-7-5-4-6-8-18)23(30)19(16)15-22(29)27(3)20-9-10-21(24)26-17(20)2;/h4-10,12,14,25H,11,13,15H2,1-3H3,(H2,24,26);1H. The quantitative estimate of drug-likeness (QED) is 0.588. The van der Waals surface area contributed by atoms with E-state index >= 15 is 0 Å².